The van der Waals surface area contributed by atoms with Crippen LogP contribution in [0.2, 0.25) is 0 Å². The van der Waals surface area contributed by atoms with E-state index in [0.29, 0.717) is 0 Å². The Morgan fingerprint density at radius 3 is 2.14 bits per heavy atom. The van der Waals surface area contributed by atoms with Gasteiger partial charge in [0.1, 0.15) is 0 Å². The molecule has 2 aromatic rings. The Morgan fingerprint density at radius 2 is 1.62 bits per heavy atom. The highest BCUT2D eigenvalue weighted by Crippen LogP contribution is 2.25. The number of thioether (sulfide) groups is 1. The number of carboxylic acids is 1. The molecule has 2 aromatic carbocycles. The minimum atomic E-state index is -0.844. The van der Waals surface area contributed by atoms with Gasteiger partial charge in [0.2, 0.25) is 0 Å². The number of rotatable bonds is 6. The molecule has 0 atom stereocenters. The van der Waals surface area contributed by atoms with Crippen LogP contribution in [0.3, 0.4) is 0 Å². The molecular weight excluding hydrogens is 290 g/mol. The van der Waals surface area contributed by atoms with Crippen LogP contribution in [0, 0.1) is 10.1 Å². The van der Waals surface area contributed by atoms with Gasteiger partial charge in [0.25, 0.3) is 5.69 Å². The number of nitro groups is 1. The fourth-order valence-corrected chi connectivity index (χ4v) is 2.61. The highest BCUT2D eigenvalue weighted by molar-refractivity contribution is 7.98. The molecule has 0 radical (unpaired) electrons. The topological polar surface area (TPSA) is 80.4 Å². The zero-order valence-corrected chi connectivity index (χ0v) is 11.9. The smallest absolute Gasteiger partial charge is 0.307 e. The summed E-state index contributed by atoms with van der Waals surface area (Å²) in [4.78, 5) is 21.7. The van der Waals surface area contributed by atoms with Crippen LogP contribution in [0.5, 0.6) is 0 Å². The molecule has 1 N–H and O–H groups in total. The minimum absolute atomic E-state index is 0.0236. The van der Waals surface area contributed by atoms with Gasteiger partial charge in [0.05, 0.1) is 11.3 Å². The predicted molar refractivity (Wildman–Crippen MR) is 80.4 cm³/mol. The number of benzene rings is 2. The SMILES string of the molecule is O=C(O)Cc1ccc(CSc2ccc([N+](=O)[O-])cc2)cc1. The van der Waals surface area contributed by atoms with Crippen molar-refractivity contribution in [3.63, 3.8) is 0 Å². The fraction of sp³-hybridized carbons (Fsp3) is 0.133. The lowest BCUT2D eigenvalue weighted by Gasteiger charge is -2.03. The number of carbonyl (C=O) groups is 1. The standard InChI is InChI=1S/C15H13NO4S/c17-15(18)9-11-1-3-12(4-2-11)10-21-14-7-5-13(6-8-14)16(19)20/h1-8H,9-10H2,(H,17,18). The van der Waals surface area contributed by atoms with E-state index in [1.165, 1.54) is 12.1 Å². The Labute approximate surface area is 125 Å². The Balaban J connectivity index is 1.93. The molecule has 6 heteroatoms. The molecule has 0 aromatic heterocycles. The van der Waals surface area contributed by atoms with Gasteiger partial charge < -0.3 is 5.11 Å². The van der Waals surface area contributed by atoms with Gasteiger partial charge in [-0.2, -0.15) is 0 Å². The highest BCUT2D eigenvalue weighted by atomic mass is 32.2. The van der Waals surface area contributed by atoms with Crippen LogP contribution >= 0.6 is 11.8 Å². The molecule has 0 aliphatic heterocycles. The van der Waals surface area contributed by atoms with Crippen LogP contribution in [-0.4, -0.2) is 16.0 Å². The monoisotopic (exact) mass is 303 g/mol. The molecule has 0 heterocycles. The molecule has 21 heavy (non-hydrogen) atoms. The highest BCUT2D eigenvalue weighted by Gasteiger charge is 2.05. The lowest BCUT2D eigenvalue weighted by Crippen LogP contribution is -1.99. The van der Waals surface area contributed by atoms with Gasteiger partial charge in [-0.15, -0.1) is 11.8 Å². The summed E-state index contributed by atoms with van der Waals surface area (Å²) in [6.07, 6.45) is 0.0236. The number of nitrogens with zero attached hydrogens (tertiary/aromatic N) is 1. The van der Waals surface area contributed by atoms with Gasteiger partial charge in [0, 0.05) is 22.8 Å². The second kappa shape index (κ2) is 6.90. The molecule has 108 valence electrons. The second-order valence-electron chi connectivity index (χ2n) is 4.43. The molecule has 0 bridgehead atoms. The third-order valence-electron chi connectivity index (χ3n) is 2.83. The van der Waals surface area contributed by atoms with Gasteiger partial charge in [-0.25, -0.2) is 0 Å². The summed E-state index contributed by atoms with van der Waals surface area (Å²) in [7, 11) is 0. The Morgan fingerprint density at radius 1 is 1.05 bits per heavy atom. The number of non-ortho nitro benzene ring substituents is 1. The van der Waals surface area contributed by atoms with Crippen molar-refractivity contribution in [3.05, 3.63) is 69.8 Å². The number of hydrogen-bond donors (Lipinski definition) is 1. The normalized spacial score (nSPS) is 10.3. The van der Waals surface area contributed by atoms with E-state index < -0.39 is 10.9 Å². The van der Waals surface area contributed by atoms with Crippen LogP contribution < -0.4 is 0 Å². The summed E-state index contributed by atoms with van der Waals surface area (Å²) >= 11 is 1.57. The van der Waals surface area contributed by atoms with E-state index in [1.54, 1.807) is 36.0 Å². The maximum absolute atomic E-state index is 10.6. The van der Waals surface area contributed by atoms with E-state index in [9.17, 15) is 14.9 Å². The molecule has 0 saturated carbocycles. The summed E-state index contributed by atoms with van der Waals surface area (Å²) in [5.41, 5.74) is 1.93. The molecule has 0 aliphatic carbocycles. The van der Waals surface area contributed by atoms with Gasteiger partial charge in [0.15, 0.2) is 0 Å². The predicted octanol–water partition coefficient (Wildman–Crippen LogP) is 3.51. The molecule has 0 fully saturated rings. The molecule has 0 amide bonds. The first-order chi connectivity index (χ1) is 10.0. The second-order valence-corrected chi connectivity index (χ2v) is 5.48. The summed E-state index contributed by atoms with van der Waals surface area (Å²) < 4.78 is 0. The zero-order chi connectivity index (χ0) is 15.2. The fourth-order valence-electron chi connectivity index (χ4n) is 1.76. The van der Waals surface area contributed by atoms with E-state index in [1.807, 2.05) is 12.1 Å². The quantitative estimate of drug-likeness (QED) is 0.502. The van der Waals surface area contributed by atoms with Crippen molar-refractivity contribution in [1.29, 1.82) is 0 Å². The summed E-state index contributed by atoms with van der Waals surface area (Å²) in [5.74, 6) is -0.117. The average molecular weight is 303 g/mol. The van der Waals surface area contributed by atoms with Crippen molar-refractivity contribution in [2.24, 2.45) is 0 Å². The van der Waals surface area contributed by atoms with Gasteiger partial charge in [-0.05, 0) is 23.3 Å². The number of hydrogen-bond acceptors (Lipinski definition) is 4. The number of carboxylic acid groups (broad SMARTS) is 1. The maximum Gasteiger partial charge on any atom is 0.307 e. The molecule has 2 rings (SSSR count). The van der Waals surface area contributed by atoms with Gasteiger partial charge in [-0.1, -0.05) is 24.3 Å². The summed E-state index contributed by atoms with van der Waals surface area (Å²) in [5, 5.41) is 19.3. The molecule has 0 saturated heterocycles. The Hall–Kier alpha value is -2.34. The largest absolute Gasteiger partial charge is 0.481 e. The number of aliphatic carboxylic acids is 1. The number of nitro benzene ring substituents is 1. The molecule has 0 spiro atoms. The lowest BCUT2D eigenvalue weighted by molar-refractivity contribution is -0.384. The average Bonchev–Trinajstić information content (AvgIpc) is 2.46. The maximum atomic E-state index is 10.6. The molecular formula is C15H13NO4S. The Bertz CT molecular complexity index is 638. The lowest BCUT2D eigenvalue weighted by atomic mass is 10.1. The van der Waals surface area contributed by atoms with Crippen LogP contribution in [-0.2, 0) is 17.0 Å². The first-order valence-electron chi connectivity index (χ1n) is 6.21. The third kappa shape index (κ3) is 4.61. The summed E-state index contributed by atoms with van der Waals surface area (Å²) in [6, 6.07) is 13.8. The van der Waals surface area contributed by atoms with E-state index in [0.717, 1.165) is 21.8 Å². The van der Waals surface area contributed by atoms with Crippen molar-refractivity contribution in [2.75, 3.05) is 0 Å². The van der Waals surface area contributed by atoms with Crippen LogP contribution in [0.25, 0.3) is 0 Å². The van der Waals surface area contributed by atoms with Crippen LogP contribution in [0.15, 0.2) is 53.4 Å². The van der Waals surface area contributed by atoms with E-state index in [-0.39, 0.29) is 12.1 Å². The minimum Gasteiger partial charge on any atom is -0.481 e. The molecule has 0 aliphatic rings. The first kappa shape index (κ1) is 15.1. The van der Waals surface area contributed by atoms with Gasteiger partial charge in [-0.3, -0.25) is 14.9 Å². The van der Waals surface area contributed by atoms with Crippen LogP contribution in [0.4, 0.5) is 5.69 Å². The summed E-state index contributed by atoms with van der Waals surface area (Å²) in [6.45, 7) is 0. The zero-order valence-electron chi connectivity index (χ0n) is 11.1. The Kier molecular flexibility index (Phi) is 4.94. The van der Waals surface area contributed by atoms with E-state index in [4.69, 9.17) is 5.11 Å². The van der Waals surface area contributed by atoms with E-state index in [2.05, 4.69) is 0 Å². The van der Waals surface area contributed by atoms with Crippen molar-refractivity contribution in [1.82, 2.24) is 0 Å². The van der Waals surface area contributed by atoms with Crippen LogP contribution in [0.1, 0.15) is 11.1 Å². The first-order valence-corrected chi connectivity index (χ1v) is 7.20. The van der Waals surface area contributed by atoms with Crippen molar-refractivity contribution in [2.45, 2.75) is 17.1 Å². The van der Waals surface area contributed by atoms with Gasteiger partial charge >= 0.3 is 5.97 Å². The molecule has 0 unspecified atom stereocenters. The molecule has 5 nitrogen and oxygen atoms in total. The van der Waals surface area contributed by atoms with Crippen molar-refractivity contribution in [3.8, 4) is 0 Å². The third-order valence-corrected chi connectivity index (χ3v) is 3.91. The van der Waals surface area contributed by atoms with Crippen molar-refractivity contribution < 1.29 is 14.8 Å². The van der Waals surface area contributed by atoms with E-state index >= 15 is 0 Å². The van der Waals surface area contributed by atoms with Crippen molar-refractivity contribution >= 4 is 23.4 Å².